The number of esters is 1. The maximum atomic E-state index is 12.4. The summed E-state index contributed by atoms with van der Waals surface area (Å²) in [4.78, 5) is 22.4. The fourth-order valence-electron chi connectivity index (χ4n) is 0.858. The molecule has 0 aromatic heterocycles. The molecule has 1 atom stereocenters. The van der Waals surface area contributed by atoms with Crippen LogP contribution in [0.3, 0.4) is 0 Å². The first-order valence-corrected chi connectivity index (χ1v) is 7.52. The van der Waals surface area contributed by atoms with Gasteiger partial charge in [0.2, 0.25) is 15.9 Å². The van der Waals surface area contributed by atoms with Crippen LogP contribution in [0.5, 0.6) is 0 Å². The Morgan fingerprint density at radius 2 is 1.89 bits per heavy atom. The zero-order valence-corrected chi connectivity index (χ0v) is 12.3. The quantitative estimate of drug-likeness (QED) is 0.701. The number of ether oxygens (including phenoxy) is 1. The summed E-state index contributed by atoms with van der Waals surface area (Å²) in [5.41, 5.74) is -0.808. The molecule has 1 amide bonds. The van der Waals surface area contributed by atoms with E-state index in [0.717, 1.165) is 6.92 Å². The molecule has 1 unspecified atom stereocenters. The molecule has 0 rings (SSSR count). The van der Waals surface area contributed by atoms with Gasteiger partial charge in [0.15, 0.2) is 6.17 Å². The van der Waals surface area contributed by atoms with E-state index in [9.17, 15) is 22.4 Å². The normalized spacial score (nSPS) is 13.7. The van der Waals surface area contributed by atoms with E-state index >= 15 is 0 Å². The lowest BCUT2D eigenvalue weighted by molar-refractivity contribution is -0.148. The minimum Gasteiger partial charge on any atom is -0.462 e. The van der Waals surface area contributed by atoms with Gasteiger partial charge in [-0.2, -0.15) is 0 Å². The van der Waals surface area contributed by atoms with Crippen molar-refractivity contribution in [1.29, 1.82) is 0 Å². The molecule has 6 nitrogen and oxygen atoms in total. The van der Waals surface area contributed by atoms with Crippen LogP contribution in [0.4, 0.5) is 4.39 Å². The summed E-state index contributed by atoms with van der Waals surface area (Å²) in [6.07, 6.45) is -1.33. The number of sulfonamides is 1. The molecule has 0 aliphatic carbocycles. The molecule has 19 heavy (non-hydrogen) atoms. The Hall–Kier alpha value is -1.18. The van der Waals surface area contributed by atoms with Crippen molar-refractivity contribution in [1.82, 2.24) is 4.72 Å². The van der Waals surface area contributed by atoms with E-state index in [1.165, 1.54) is 0 Å². The van der Waals surface area contributed by atoms with Crippen LogP contribution in [-0.4, -0.2) is 38.8 Å². The van der Waals surface area contributed by atoms with Crippen molar-refractivity contribution < 1.29 is 27.1 Å². The van der Waals surface area contributed by atoms with Crippen molar-refractivity contribution >= 4 is 21.9 Å². The van der Waals surface area contributed by atoms with Gasteiger partial charge in [-0.1, -0.05) is 20.8 Å². The molecule has 8 heteroatoms. The molecule has 0 aliphatic heterocycles. The first kappa shape index (κ1) is 17.8. The zero-order chi connectivity index (χ0) is 15.3. The van der Waals surface area contributed by atoms with Gasteiger partial charge in [0.25, 0.3) is 0 Å². The molecule has 0 fully saturated rings. The van der Waals surface area contributed by atoms with Crippen LogP contribution in [0.15, 0.2) is 0 Å². The second kappa shape index (κ2) is 6.83. The zero-order valence-electron chi connectivity index (χ0n) is 11.5. The highest BCUT2D eigenvalue weighted by atomic mass is 32.2. The smallest absolute Gasteiger partial charge is 0.340 e. The van der Waals surface area contributed by atoms with Crippen molar-refractivity contribution in [3.63, 3.8) is 0 Å². The number of rotatable bonds is 7. The van der Waals surface area contributed by atoms with Gasteiger partial charge in [-0.3, -0.25) is 9.52 Å². The lowest BCUT2D eigenvalue weighted by Gasteiger charge is -2.21. The van der Waals surface area contributed by atoms with Crippen LogP contribution in [0.25, 0.3) is 0 Å². The van der Waals surface area contributed by atoms with E-state index < -0.39 is 45.8 Å². The van der Waals surface area contributed by atoms with Crippen molar-refractivity contribution in [2.75, 3.05) is 12.4 Å². The Balaban J connectivity index is 4.35. The Labute approximate surface area is 112 Å². The maximum absolute atomic E-state index is 12.4. The molecule has 0 heterocycles. The second-order valence-corrected chi connectivity index (χ2v) is 6.61. The molecule has 0 aliphatic rings. The van der Waals surface area contributed by atoms with E-state index in [4.69, 9.17) is 0 Å². The van der Waals surface area contributed by atoms with Gasteiger partial charge in [-0.15, -0.1) is 0 Å². The van der Waals surface area contributed by atoms with E-state index in [1.54, 1.807) is 20.8 Å². The molecule has 0 radical (unpaired) electrons. The largest absolute Gasteiger partial charge is 0.462 e. The van der Waals surface area contributed by atoms with Crippen LogP contribution in [0, 0.1) is 5.41 Å². The van der Waals surface area contributed by atoms with Crippen LogP contribution >= 0.6 is 0 Å². The van der Waals surface area contributed by atoms with Gasteiger partial charge in [0.05, 0.1) is 0 Å². The van der Waals surface area contributed by atoms with Gasteiger partial charge < -0.3 is 4.74 Å². The molecular formula is C11H20FNO5S. The molecular weight excluding hydrogens is 277 g/mol. The first-order valence-electron chi connectivity index (χ1n) is 5.87. The highest BCUT2D eigenvalue weighted by Gasteiger charge is 2.29. The topological polar surface area (TPSA) is 89.5 Å². The number of alkyl halides is 1. The molecule has 0 saturated carbocycles. The molecule has 0 saturated heterocycles. The van der Waals surface area contributed by atoms with Crippen molar-refractivity contribution in [2.45, 2.75) is 40.3 Å². The molecule has 0 aromatic rings. The van der Waals surface area contributed by atoms with Crippen LogP contribution < -0.4 is 4.72 Å². The van der Waals surface area contributed by atoms with Gasteiger partial charge in [-0.05, 0) is 13.3 Å². The van der Waals surface area contributed by atoms with Gasteiger partial charge >= 0.3 is 5.97 Å². The SMILES string of the molecule is CCC(C)(C)C(=O)NS(=O)(=O)CCOC(=O)C(C)F. The Bertz CT molecular complexity index is 430. The van der Waals surface area contributed by atoms with Gasteiger partial charge in [0.1, 0.15) is 12.4 Å². The number of amides is 1. The number of nitrogens with one attached hydrogen (secondary N) is 1. The molecule has 0 spiro atoms. The second-order valence-electron chi connectivity index (χ2n) is 4.77. The highest BCUT2D eigenvalue weighted by molar-refractivity contribution is 7.90. The Kier molecular flexibility index (Phi) is 6.41. The molecule has 1 N–H and O–H groups in total. The highest BCUT2D eigenvalue weighted by Crippen LogP contribution is 2.19. The van der Waals surface area contributed by atoms with Crippen molar-refractivity contribution in [2.24, 2.45) is 5.41 Å². The number of carbonyl (C=O) groups excluding carboxylic acids is 2. The summed E-state index contributed by atoms with van der Waals surface area (Å²) in [6.45, 7) is 5.48. The summed E-state index contributed by atoms with van der Waals surface area (Å²) in [7, 11) is -3.89. The summed E-state index contributed by atoms with van der Waals surface area (Å²) in [5.74, 6) is -2.34. The molecule has 0 bridgehead atoms. The number of halogens is 1. The summed E-state index contributed by atoms with van der Waals surface area (Å²) < 4.78 is 41.8. The van der Waals surface area contributed by atoms with Crippen molar-refractivity contribution in [3.8, 4) is 0 Å². The fourth-order valence-corrected chi connectivity index (χ4v) is 1.82. The predicted octanol–water partition coefficient (Wildman–Crippen LogP) is 0.770. The Morgan fingerprint density at radius 1 is 1.37 bits per heavy atom. The number of hydrogen-bond acceptors (Lipinski definition) is 5. The van der Waals surface area contributed by atoms with Gasteiger partial charge in [0, 0.05) is 5.41 Å². The third-order valence-corrected chi connectivity index (χ3v) is 3.87. The maximum Gasteiger partial charge on any atom is 0.340 e. The molecule has 0 aromatic carbocycles. The lowest BCUT2D eigenvalue weighted by atomic mass is 9.90. The van der Waals surface area contributed by atoms with Crippen LogP contribution in [-0.2, 0) is 24.3 Å². The minimum atomic E-state index is -3.89. The van der Waals surface area contributed by atoms with Gasteiger partial charge in [-0.25, -0.2) is 17.6 Å². The van der Waals surface area contributed by atoms with E-state index in [2.05, 4.69) is 4.74 Å². The molecule has 112 valence electrons. The summed E-state index contributed by atoms with van der Waals surface area (Å²) in [6, 6.07) is 0. The third kappa shape index (κ3) is 6.51. The van der Waals surface area contributed by atoms with Crippen LogP contribution in [0.2, 0.25) is 0 Å². The standard InChI is InChI=1S/C11H20FNO5S/c1-5-11(3,4)10(15)13-19(16,17)7-6-18-9(14)8(2)12/h8H,5-7H2,1-4H3,(H,13,15). The van der Waals surface area contributed by atoms with E-state index in [1.807, 2.05) is 4.72 Å². The monoisotopic (exact) mass is 297 g/mol. The first-order chi connectivity index (χ1) is 8.52. The number of hydrogen-bond donors (Lipinski definition) is 1. The van der Waals surface area contributed by atoms with Crippen molar-refractivity contribution in [3.05, 3.63) is 0 Å². The summed E-state index contributed by atoms with van der Waals surface area (Å²) >= 11 is 0. The van der Waals surface area contributed by atoms with Crippen LogP contribution in [0.1, 0.15) is 34.1 Å². The lowest BCUT2D eigenvalue weighted by Crippen LogP contribution is -2.42. The predicted molar refractivity (Wildman–Crippen MR) is 67.5 cm³/mol. The average molecular weight is 297 g/mol. The minimum absolute atomic E-state index is 0.475. The summed E-state index contributed by atoms with van der Waals surface area (Å²) in [5, 5.41) is 0. The Morgan fingerprint density at radius 3 is 2.32 bits per heavy atom. The average Bonchev–Trinajstić information content (AvgIpc) is 2.27. The van der Waals surface area contributed by atoms with E-state index in [0.29, 0.717) is 6.42 Å². The fraction of sp³-hybridized carbons (Fsp3) is 0.818. The third-order valence-electron chi connectivity index (χ3n) is 2.67. The number of carbonyl (C=O) groups is 2. The van der Waals surface area contributed by atoms with E-state index in [-0.39, 0.29) is 0 Å².